The highest BCUT2D eigenvalue weighted by Crippen LogP contribution is 2.24. The van der Waals surface area contributed by atoms with Crippen molar-refractivity contribution < 1.29 is 14.4 Å². The topological polar surface area (TPSA) is 57.5 Å². The lowest BCUT2D eigenvalue weighted by Gasteiger charge is -2.02. The normalized spacial score (nSPS) is 9.89. The summed E-state index contributed by atoms with van der Waals surface area (Å²) < 4.78 is 8.70. The fourth-order valence-electron chi connectivity index (χ4n) is 1.95. The van der Waals surface area contributed by atoms with Crippen LogP contribution in [0.4, 0.5) is 0 Å². The van der Waals surface area contributed by atoms with Crippen molar-refractivity contribution in [2.24, 2.45) is 0 Å². The molecule has 0 amide bonds. The molecule has 90 valence electrons. The van der Waals surface area contributed by atoms with Crippen molar-refractivity contribution in [1.82, 2.24) is 0 Å². The zero-order valence-corrected chi connectivity index (χ0v) is 10.4. The average molecular weight is 259 g/mol. The van der Waals surface area contributed by atoms with Crippen molar-refractivity contribution >= 4 is 29.8 Å². The van der Waals surface area contributed by atoms with Crippen LogP contribution < -0.4 is 0 Å². The minimum absolute atomic E-state index is 1.31. The van der Waals surface area contributed by atoms with Gasteiger partial charge < -0.3 is 0 Å². The molecule has 18 heavy (non-hydrogen) atoms. The summed E-state index contributed by atoms with van der Waals surface area (Å²) in [5.74, 6) is 0. The Balaban J connectivity index is 0.000000267. The Bertz CT molecular complexity index is 636. The second-order valence-corrected chi connectivity index (χ2v) is 4.27. The molecule has 3 rings (SSSR count). The largest absolute Gasteiger partial charge is 0.692 e. The number of hydrogen-bond donors (Lipinski definition) is 2. The standard InChI is InChI=1S/C14H10.HO3P/c1-3-7-13-11(5-1)9-10-12-6-2-4-8-14(12)13;1-4(2)3/h1-10H;(H-,1,2,3)/p+1. The van der Waals surface area contributed by atoms with Crippen LogP contribution in [0, 0.1) is 0 Å². The molecule has 0 aliphatic heterocycles. The molecule has 0 bridgehead atoms. The van der Waals surface area contributed by atoms with E-state index in [0.717, 1.165) is 0 Å². The number of fused-ring (bicyclic) bond motifs is 3. The van der Waals surface area contributed by atoms with Crippen LogP contribution in [0.15, 0.2) is 60.7 Å². The molecule has 3 nitrogen and oxygen atoms in total. The Hall–Kier alpha value is -1.80. The lowest BCUT2D eigenvalue weighted by atomic mass is 10.0. The second-order valence-electron chi connectivity index (χ2n) is 3.76. The van der Waals surface area contributed by atoms with E-state index < -0.39 is 8.25 Å². The van der Waals surface area contributed by atoms with Gasteiger partial charge in [-0.3, -0.25) is 0 Å². The third-order valence-corrected chi connectivity index (χ3v) is 2.65. The summed E-state index contributed by atoms with van der Waals surface area (Å²) in [5, 5.41) is 5.30. The van der Waals surface area contributed by atoms with Crippen molar-refractivity contribution in [1.29, 1.82) is 0 Å². The van der Waals surface area contributed by atoms with Gasteiger partial charge in [-0.15, -0.1) is 9.79 Å². The fourth-order valence-corrected chi connectivity index (χ4v) is 1.95. The van der Waals surface area contributed by atoms with Gasteiger partial charge in [-0.05, 0) is 21.5 Å². The van der Waals surface area contributed by atoms with E-state index in [4.69, 9.17) is 14.4 Å². The third-order valence-electron chi connectivity index (χ3n) is 2.65. The maximum Gasteiger partial charge on any atom is 0.692 e. The van der Waals surface area contributed by atoms with E-state index in [9.17, 15) is 0 Å². The summed E-state index contributed by atoms with van der Waals surface area (Å²) in [4.78, 5) is 14.2. The van der Waals surface area contributed by atoms with Gasteiger partial charge in [0.15, 0.2) is 0 Å². The van der Waals surface area contributed by atoms with Crippen molar-refractivity contribution in [2.45, 2.75) is 0 Å². The molecule has 2 N–H and O–H groups in total. The summed E-state index contributed by atoms with van der Waals surface area (Å²) in [6, 6.07) is 21.4. The van der Waals surface area contributed by atoms with Crippen molar-refractivity contribution in [3.63, 3.8) is 0 Å². The molecule has 3 aromatic carbocycles. The second kappa shape index (κ2) is 5.69. The molecule has 4 heteroatoms. The molecule has 0 heterocycles. The van der Waals surface area contributed by atoms with Gasteiger partial charge in [-0.25, -0.2) is 0 Å². The molecular formula is C14H12O3P+. The smallest absolute Gasteiger partial charge is 0.134 e. The Kier molecular flexibility index (Phi) is 4.00. The van der Waals surface area contributed by atoms with Gasteiger partial charge in [0.25, 0.3) is 0 Å². The van der Waals surface area contributed by atoms with E-state index in [0.29, 0.717) is 0 Å². The van der Waals surface area contributed by atoms with E-state index in [1.165, 1.54) is 21.5 Å². The van der Waals surface area contributed by atoms with Gasteiger partial charge in [0.2, 0.25) is 0 Å². The zero-order chi connectivity index (χ0) is 13.0. The van der Waals surface area contributed by atoms with Gasteiger partial charge >= 0.3 is 8.25 Å². The SMILES string of the molecule is O=[P+](O)O.c1ccc2c(c1)ccc1ccccc12. The Morgan fingerprint density at radius 3 is 1.39 bits per heavy atom. The first-order chi connectivity index (χ1) is 8.68. The number of benzene rings is 3. The van der Waals surface area contributed by atoms with Gasteiger partial charge in [0.1, 0.15) is 0 Å². The lowest BCUT2D eigenvalue weighted by Crippen LogP contribution is -1.75. The molecule has 0 unspecified atom stereocenters. The number of rotatable bonds is 0. The summed E-state index contributed by atoms with van der Waals surface area (Å²) in [6.07, 6.45) is 0. The van der Waals surface area contributed by atoms with Crippen LogP contribution in [-0.2, 0) is 4.57 Å². The molecule has 0 atom stereocenters. The predicted molar refractivity (Wildman–Crippen MR) is 73.5 cm³/mol. The van der Waals surface area contributed by atoms with Crippen LogP contribution in [0.1, 0.15) is 0 Å². The summed E-state index contributed by atoms with van der Waals surface area (Å²) in [7, 11) is -2.87. The molecule has 0 radical (unpaired) electrons. The zero-order valence-electron chi connectivity index (χ0n) is 9.52. The van der Waals surface area contributed by atoms with E-state index in [-0.39, 0.29) is 0 Å². The van der Waals surface area contributed by atoms with E-state index in [1.807, 2.05) is 0 Å². The fraction of sp³-hybridized carbons (Fsp3) is 0. The molecular weight excluding hydrogens is 247 g/mol. The first-order valence-corrected chi connectivity index (χ1v) is 6.56. The van der Waals surface area contributed by atoms with Crippen LogP contribution >= 0.6 is 8.25 Å². The molecule has 0 aliphatic carbocycles. The summed E-state index contributed by atoms with van der Waals surface area (Å²) in [5.41, 5.74) is 0. The maximum atomic E-state index is 8.70. The summed E-state index contributed by atoms with van der Waals surface area (Å²) >= 11 is 0. The van der Waals surface area contributed by atoms with Crippen molar-refractivity contribution in [3.8, 4) is 0 Å². The Labute approximate surface area is 105 Å². The minimum atomic E-state index is -2.87. The van der Waals surface area contributed by atoms with Gasteiger partial charge in [0.05, 0.1) is 0 Å². The quantitative estimate of drug-likeness (QED) is 0.479. The maximum absolute atomic E-state index is 8.70. The van der Waals surface area contributed by atoms with Gasteiger partial charge in [-0.2, -0.15) is 0 Å². The van der Waals surface area contributed by atoms with E-state index >= 15 is 0 Å². The third kappa shape index (κ3) is 2.90. The van der Waals surface area contributed by atoms with Gasteiger partial charge in [-0.1, -0.05) is 60.7 Å². The first kappa shape index (κ1) is 12.7. The van der Waals surface area contributed by atoms with E-state index in [1.54, 1.807) is 0 Å². The summed E-state index contributed by atoms with van der Waals surface area (Å²) in [6.45, 7) is 0. The number of hydrogen-bond acceptors (Lipinski definition) is 1. The lowest BCUT2D eigenvalue weighted by molar-refractivity contribution is 0.405. The van der Waals surface area contributed by atoms with Crippen molar-refractivity contribution in [2.75, 3.05) is 0 Å². The van der Waals surface area contributed by atoms with E-state index in [2.05, 4.69) is 60.7 Å². The van der Waals surface area contributed by atoms with Gasteiger partial charge in [0, 0.05) is 4.57 Å². The van der Waals surface area contributed by atoms with Crippen LogP contribution in [0.25, 0.3) is 21.5 Å². The molecule has 0 aliphatic rings. The average Bonchev–Trinajstić information content (AvgIpc) is 2.38. The van der Waals surface area contributed by atoms with Crippen molar-refractivity contribution in [3.05, 3.63) is 60.7 Å². The van der Waals surface area contributed by atoms with Crippen LogP contribution in [0.2, 0.25) is 0 Å². The molecule has 0 saturated heterocycles. The molecule has 0 fully saturated rings. The van der Waals surface area contributed by atoms with Crippen LogP contribution in [0.3, 0.4) is 0 Å². The molecule has 0 saturated carbocycles. The Morgan fingerprint density at radius 1 is 0.667 bits per heavy atom. The molecule has 3 aromatic rings. The highest BCUT2D eigenvalue weighted by atomic mass is 31.1. The molecule has 0 aromatic heterocycles. The molecule has 0 spiro atoms. The Morgan fingerprint density at radius 2 is 1.00 bits per heavy atom. The minimum Gasteiger partial charge on any atom is -0.134 e. The van der Waals surface area contributed by atoms with Crippen LogP contribution in [-0.4, -0.2) is 9.79 Å². The highest BCUT2D eigenvalue weighted by molar-refractivity contribution is 7.30. The first-order valence-electron chi connectivity index (χ1n) is 5.40. The predicted octanol–water partition coefficient (Wildman–Crippen LogP) is 3.62. The van der Waals surface area contributed by atoms with Crippen LogP contribution in [0.5, 0.6) is 0 Å². The monoisotopic (exact) mass is 259 g/mol. The highest BCUT2D eigenvalue weighted by Gasteiger charge is 1.97.